The first-order chi connectivity index (χ1) is 10.1. The molecule has 4 nitrogen and oxygen atoms in total. The summed E-state index contributed by atoms with van der Waals surface area (Å²) in [6.45, 7) is 11.2. The van der Waals surface area contributed by atoms with Crippen LogP contribution >= 0.6 is 0 Å². The molecule has 122 valence electrons. The van der Waals surface area contributed by atoms with Gasteiger partial charge in [0.25, 0.3) is 0 Å². The fraction of sp³-hybridized carbons (Fsp3) is 0.941. The van der Waals surface area contributed by atoms with Gasteiger partial charge in [0.1, 0.15) is 0 Å². The number of carbonyl (C=O) groups excluding carboxylic acids is 1. The molecular weight excluding hydrogens is 262 g/mol. The Bertz CT molecular complexity index is 305. The zero-order valence-corrected chi connectivity index (χ0v) is 13.9. The zero-order chi connectivity index (χ0) is 15.1. The molecule has 0 aromatic heterocycles. The van der Waals surface area contributed by atoms with Gasteiger partial charge in [-0.25, -0.2) is 0 Å². The van der Waals surface area contributed by atoms with Gasteiger partial charge in [0.15, 0.2) is 0 Å². The predicted octanol–water partition coefficient (Wildman–Crippen LogP) is 1.86. The molecule has 2 heterocycles. The number of hydrogen-bond donors (Lipinski definition) is 2. The molecule has 2 aliphatic heterocycles. The van der Waals surface area contributed by atoms with Gasteiger partial charge >= 0.3 is 0 Å². The average Bonchev–Trinajstić information content (AvgIpc) is 2.46. The van der Waals surface area contributed by atoms with Crippen molar-refractivity contribution in [1.29, 1.82) is 0 Å². The third-order valence-corrected chi connectivity index (χ3v) is 4.81. The molecule has 0 saturated carbocycles. The second kappa shape index (κ2) is 8.74. The largest absolute Gasteiger partial charge is 0.356 e. The van der Waals surface area contributed by atoms with Crippen molar-refractivity contribution in [3.8, 4) is 0 Å². The molecule has 0 aliphatic carbocycles. The van der Waals surface area contributed by atoms with Crippen LogP contribution in [0.2, 0.25) is 0 Å². The quantitative estimate of drug-likeness (QED) is 0.735. The van der Waals surface area contributed by atoms with E-state index in [1.807, 2.05) is 0 Å². The Labute approximate surface area is 130 Å². The van der Waals surface area contributed by atoms with Crippen molar-refractivity contribution in [3.05, 3.63) is 0 Å². The third-order valence-electron chi connectivity index (χ3n) is 4.81. The van der Waals surface area contributed by atoms with Crippen molar-refractivity contribution in [3.63, 3.8) is 0 Å². The lowest BCUT2D eigenvalue weighted by Gasteiger charge is -2.34. The lowest BCUT2D eigenvalue weighted by atomic mass is 9.92. The Kier molecular flexibility index (Phi) is 6.97. The number of nitrogens with zero attached hydrogens (tertiary/aromatic N) is 1. The van der Waals surface area contributed by atoms with Gasteiger partial charge in [-0.3, -0.25) is 4.79 Å². The van der Waals surface area contributed by atoms with Crippen LogP contribution in [0.1, 0.15) is 46.0 Å². The van der Waals surface area contributed by atoms with E-state index >= 15 is 0 Å². The summed E-state index contributed by atoms with van der Waals surface area (Å²) in [6, 6.07) is 0. The SMILES string of the molecule is CC1CC(C)CN(CCCCNC(=O)C2CCCNC2)C1. The summed E-state index contributed by atoms with van der Waals surface area (Å²) in [6.07, 6.45) is 5.85. The molecule has 2 fully saturated rings. The summed E-state index contributed by atoms with van der Waals surface area (Å²) in [7, 11) is 0. The van der Waals surface area contributed by atoms with E-state index in [1.165, 1.54) is 32.5 Å². The molecule has 2 N–H and O–H groups in total. The van der Waals surface area contributed by atoms with Gasteiger partial charge in [-0.1, -0.05) is 13.8 Å². The predicted molar refractivity (Wildman–Crippen MR) is 87.2 cm³/mol. The van der Waals surface area contributed by atoms with Crippen LogP contribution in [-0.4, -0.2) is 50.1 Å². The molecule has 0 bridgehead atoms. The minimum absolute atomic E-state index is 0.197. The minimum atomic E-state index is 0.197. The van der Waals surface area contributed by atoms with Gasteiger partial charge in [0.2, 0.25) is 5.91 Å². The van der Waals surface area contributed by atoms with Gasteiger partial charge in [0.05, 0.1) is 5.92 Å². The van der Waals surface area contributed by atoms with Crippen LogP contribution in [0.4, 0.5) is 0 Å². The van der Waals surface area contributed by atoms with Crippen molar-refractivity contribution < 1.29 is 4.79 Å². The maximum Gasteiger partial charge on any atom is 0.224 e. The van der Waals surface area contributed by atoms with Crippen molar-refractivity contribution >= 4 is 5.91 Å². The number of piperidine rings is 2. The molecule has 3 unspecified atom stereocenters. The first-order valence-electron chi connectivity index (χ1n) is 8.86. The molecule has 2 rings (SSSR count). The van der Waals surface area contributed by atoms with Crippen LogP contribution in [0, 0.1) is 17.8 Å². The molecule has 0 aromatic rings. The topological polar surface area (TPSA) is 44.4 Å². The van der Waals surface area contributed by atoms with E-state index < -0.39 is 0 Å². The highest BCUT2D eigenvalue weighted by atomic mass is 16.1. The number of carbonyl (C=O) groups is 1. The van der Waals surface area contributed by atoms with Crippen LogP contribution in [-0.2, 0) is 4.79 Å². The number of hydrogen-bond acceptors (Lipinski definition) is 3. The highest BCUT2D eigenvalue weighted by Crippen LogP contribution is 2.20. The van der Waals surface area contributed by atoms with E-state index in [4.69, 9.17) is 0 Å². The van der Waals surface area contributed by atoms with E-state index in [-0.39, 0.29) is 11.8 Å². The fourth-order valence-electron chi connectivity index (χ4n) is 3.87. The highest BCUT2D eigenvalue weighted by Gasteiger charge is 2.22. The average molecular weight is 295 g/mol. The molecular formula is C17H33N3O. The van der Waals surface area contributed by atoms with Crippen molar-refractivity contribution in [1.82, 2.24) is 15.5 Å². The minimum Gasteiger partial charge on any atom is -0.356 e. The first kappa shape index (κ1) is 16.8. The summed E-state index contributed by atoms with van der Waals surface area (Å²) >= 11 is 0. The highest BCUT2D eigenvalue weighted by molar-refractivity contribution is 5.78. The molecule has 1 amide bonds. The number of nitrogens with one attached hydrogen (secondary N) is 2. The van der Waals surface area contributed by atoms with Crippen molar-refractivity contribution in [2.75, 3.05) is 39.3 Å². The van der Waals surface area contributed by atoms with Crippen LogP contribution < -0.4 is 10.6 Å². The molecule has 4 heteroatoms. The molecule has 21 heavy (non-hydrogen) atoms. The molecule has 0 aromatic carbocycles. The molecule has 0 spiro atoms. The number of amides is 1. The van der Waals surface area contributed by atoms with Gasteiger partial charge in [0, 0.05) is 26.2 Å². The Morgan fingerprint density at radius 1 is 1.24 bits per heavy atom. The zero-order valence-electron chi connectivity index (χ0n) is 13.9. The van der Waals surface area contributed by atoms with Crippen molar-refractivity contribution in [2.45, 2.75) is 46.0 Å². The smallest absolute Gasteiger partial charge is 0.224 e. The lowest BCUT2D eigenvalue weighted by molar-refractivity contribution is -0.125. The fourth-order valence-corrected chi connectivity index (χ4v) is 3.87. The number of rotatable bonds is 6. The molecule has 2 aliphatic rings. The lowest BCUT2D eigenvalue weighted by Crippen LogP contribution is -2.41. The standard InChI is InChI=1S/C17H33N3O/c1-14-10-15(2)13-20(12-14)9-4-3-8-19-17(21)16-6-5-7-18-11-16/h14-16,18H,3-13H2,1-2H3,(H,19,21). The molecule has 0 radical (unpaired) electrons. The van der Waals surface area contributed by atoms with E-state index in [0.29, 0.717) is 0 Å². The Morgan fingerprint density at radius 2 is 2.00 bits per heavy atom. The maximum atomic E-state index is 12.0. The molecule has 2 saturated heterocycles. The molecule has 3 atom stereocenters. The second-order valence-electron chi connectivity index (χ2n) is 7.25. The van der Waals surface area contributed by atoms with Crippen LogP contribution in [0.5, 0.6) is 0 Å². The number of unbranched alkanes of at least 4 members (excludes halogenated alkanes) is 1. The van der Waals surface area contributed by atoms with Crippen LogP contribution in [0.25, 0.3) is 0 Å². The normalized spacial score (nSPS) is 31.0. The summed E-state index contributed by atoms with van der Waals surface area (Å²) in [5.74, 6) is 2.13. The third kappa shape index (κ3) is 5.95. The van der Waals surface area contributed by atoms with E-state index in [2.05, 4.69) is 29.4 Å². The van der Waals surface area contributed by atoms with Gasteiger partial charge in [-0.15, -0.1) is 0 Å². The maximum absolute atomic E-state index is 12.0. The Morgan fingerprint density at radius 3 is 2.67 bits per heavy atom. The van der Waals surface area contributed by atoms with Gasteiger partial charge < -0.3 is 15.5 Å². The number of likely N-dealkylation sites (tertiary alicyclic amines) is 1. The van der Waals surface area contributed by atoms with E-state index in [9.17, 15) is 4.79 Å². The summed E-state index contributed by atoms with van der Waals surface area (Å²) in [4.78, 5) is 14.6. The monoisotopic (exact) mass is 295 g/mol. The van der Waals surface area contributed by atoms with Crippen LogP contribution in [0.3, 0.4) is 0 Å². The summed E-state index contributed by atoms with van der Waals surface area (Å²) in [5.41, 5.74) is 0. The first-order valence-corrected chi connectivity index (χ1v) is 8.86. The summed E-state index contributed by atoms with van der Waals surface area (Å²) in [5, 5.41) is 6.41. The van der Waals surface area contributed by atoms with E-state index in [0.717, 1.165) is 50.7 Å². The van der Waals surface area contributed by atoms with Crippen molar-refractivity contribution in [2.24, 2.45) is 17.8 Å². The van der Waals surface area contributed by atoms with Gasteiger partial charge in [-0.05, 0) is 57.0 Å². The second-order valence-corrected chi connectivity index (χ2v) is 7.25. The Hall–Kier alpha value is -0.610. The van der Waals surface area contributed by atoms with E-state index in [1.54, 1.807) is 0 Å². The van der Waals surface area contributed by atoms with Gasteiger partial charge in [-0.2, -0.15) is 0 Å². The summed E-state index contributed by atoms with van der Waals surface area (Å²) < 4.78 is 0. The van der Waals surface area contributed by atoms with Crippen LogP contribution in [0.15, 0.2) is 0 Å². The Balaban J connectivity index is 1.52.